The summed E-state index contributed by atoms with van der Waals surface area (Å²) in [5.41, 5.74) is 0. The maximum absolute atomic E-state index is 5.37. The van der Waals surface area contributed by atoms with Crippen molar-refractivity contribution >= 4 is 11.8 Å². The molecule has 1 aromatic carbocycles. The SMILES string of the molecule is COc1ccccc1SCCNC1CCCC(C)C1. The highest BCUT2D eigenvalue weighted by Crippen LogP contribution is 2.28. The second-order valence-corrected chi connectivity index (χ2v) is 6.56. The maximum Gasteiger partial charge on any atom is 0.132 e. The van der Waals surface area contributed by atoms with E-state index in [-0.39, 0.29) is 0 Å². The summed E-state index contributed by atoms with van der Waals surface area (Å²) in [4.78, 5) is 1.24. The first-order valence-corrected chi connectivity index (χ1v) is 8.27. The fourth-order valence-corrected chi connectivity index (χ4v) is 3.69. The third-order valence-electron chi connectivity index (χ3n) is 3.80. The Kier molecular flexibility index (Phi) is 6.05. The van der Waals surface area contributed by atoms with E-state index in [0.29, 0.717) is 0 Å². The monoisotopic (exact) mass is 279 g/mol. The first-order valence-electron chi connectivity index (χ1n) is 7.29. The largest absolute Gasteiger partial charge is 0.496 e. The minimum atomic E-state index is 0.738. The molecule has 0 radical (unpaired) electrons. The van der Waals surface area contributed by atoms with Gasteiger partial charge in [-0.05, 0) is 30.9 Å². The Morgan fingerprint density at radius 2 is 2.16 bits per heavy atom. The van der Waals surface area contributed by atoms with Crippen LogP contribution in [-0.4, -0.2) is 25.4 Å². The van der Waals surface area contributed by atoms with Crippen LogP contribution in [0, 0.1) is 5.92 Å². The number of rotatable bonds is 6. The molecule has 19 heavy (non-hydrogen) atoms. The van der Waals surface area contributed by atoms with Gasteiger partial charge in [-0.25, -0.2) is 0 Å². The average molecular weight is 279 g/mol. The number of methoxy groups -OCH3 is 1. The summed E-state index contributed by atoms with van der Waals surface area (Å²) in [7, 11) is 1.74. The lowest BCUT2D eigenvalue weighted by Crippen LogP contribution is -2.34. The molecule has 0 amide bonds. The fraction of sp³-hybridized carbons (Fsp3) is 0.625. The van der Waals surface area contributed by atoms with Crippen molar-refractivity contribution in [1.82, 2.24) is 5.32 Å². The molecule has 1 aliphatic carbocycles. The molecule has 0 saturated heterocycles. The number of ether oxygens (including phenoxy) is 1. The smallest absolute Gasteiger partial charge is 0.132 e. The van der Waals surface area contributed by atoms with Crippen molar-refractivity contribution in [2.24, 2.45) is 5.92 Å². The molecule has 1 aromatic rings. The van der Waals surface area contributed by atoms with Crippen LogP contribution in [0.2, 0.25) is 0 Å². The molecule has 2 atom stereocenters. The molecular formula is C16H25NOS. The van der Waals surface area contributed by atoms with Gasteiger partial charge in [0.1, 0.15) is 5.75 Å². The van der Waals surface area contributed by atoms with E-state index in [1.165, 1.54) is 30.6 Å². The summed E-state index contributed by atoms with van der Waals surface area (Å²) >= 11 is 1.87. The van der Waals surface area contributed by atoms with Crippen LogP contribution in [0.3, 0.4) is 0 Å². The minimum absolute atomic E-state index is 0.738. The Bertz CT molecular complexity index is 383. The molecule has 1 N–H and O–H groups in total. The van der Waals surface area contributed by atoms with E-state index in [1.54, 1.807) is 7.11 Å². The van der Waals surface area contributed by atoms with Crippen LogP contribution in [0.25, 0.3) is 0 Å². The molecule has 0 heterocycles. The average Bonchev–Trinajstić information content (AvgIpc) is 2.44. The van der Waals surface area contributed by atoms with Gasteiger partial charge in [0.15, 0.2) is 0 Å². The van der Waals surface area contributed by atoms with Gasteiger partial charge in [0.05, 0.1) is 7.11 Å². The Labute approximate surface area is 121 Å². The van der Waals surface area contributed by atoms with E-state index in [0.717, 1.165) is 30.0 Å². The third kappa shape index (κ3) is 4.73. The summed E-state index contributed by atoms with van der Waals surface area (Å²) in [6, 6.07) is 8.98. The topological polar surface area (TPSA) is 21.3 Å². The Balaban J connectivity index is 1.69. The van der Waals surface area contributed by atoms with Crippen molar-refractivity contribution in [1.29, 1.82) is 0 Å². The molecule has 2 nitrogen and oxygen atoms in total. The van der Waals surface area contributed by atoms with Gasteiger partial charge in [0.25, 0.3) is 0 Å². The summed E-state index contributed by atoms with van der Waals surface area (Å²) in [5, 5.41) is 3.70. The molecule has 0 bridgehead atoms. The van der Waals surface area contributed by atoms with Gasteiger partial charge in [-0.1, -0.05) is 31.9 Å². The molecular weight excluding hydrogens is 254 g/mol. The van der Waals surface area contributed by atoms with Crippen LogP contribution in [0.4, 0.5) is 0 Å². The second kappa shape index (κ2) is 7.81. The quantitative estimate of drug-likeness (QED) is 0.629. The number of benzene rings is 1. The maximum atomic E-state index is 5.37. The molecule has 1 saturated carbocycles. The molecule has 1 aliphatic rings. The molecule has 3 heteroatoms. The fourth-order valence-electron chi connectivity index (χ4n) is 2.78. The molecule has 0 aliphatic heterocycles. The highest BCUT2D eigenvalue weighted by molar-refractivity contribution is 7.99. The summed E-state index contributed by atoms with van der Waals surface area (Å²) < 4.78 is 5.37. The summed E-state index contributed by atoms with van der Waals surface area (Å²) in [6.07, 6.45) is 5.50. The third-order valence-corrected chi connectivity index (χ3v) is 4.85. The first-order chi connectivity index (χ1) is 9.29. The van der Waals surface area contributed by atoms with E-state index in [4.69, 9.17) is 4.74 Å². The predicted octanol–water partition coefficient (Wildman–Crippen LogP) is 3.96. The van der Waals surface area contributed by atoms with Crippen LogP contribution in [0.5, 0.6) is 5.75 Å². The van der Waals surface area contributed by atoms with Crippen LogP contribution in [0.1, 0.15) is 32.6 Å². The highest BCUT2D eigenvalue weighted by Gasteiger charge is 2.17. The lowest BCUT2D eigenvalue weighted by atomic mass is 9.87. The van der Waals surface area contributed by atoms with Crippen LogP contribution >= 0.6 is 11.8 Å². The van der Waals surface area contributed by atoms with Gasteiger partial charge in [-0.15, -0.1) is 11.8 Å². The van der Waals surface area contributed by atoms with Crippen molar-refractivity contribution in [3.8, 4) is 5.75 Å². The minimum Gasteiger partial charge on any atom is -0.496 e. The van der Waals surface area contributed by atoms with Crippen LogP contribution in [-0.2, 0) is 0 Å². The number of hydrogen-bond acceptors (Lipinski definition) is 3. The van der Waals surface area contributed by atoms with E-state index < -0.39 is 0 Å². The van der Waals surface area contributed by atoms with E-state index in [1.807, 2.05) is 23.9 Å². The van der Waals surface area contributed by atoms with E-state index >= 15 is 0 Å². The first kappa shape index (κ1) is 14.7. The lowest BCUT2D eigenvalue weighted by molar-refractivity contribution is 0.306. The van der Waals surface area contributed by atoms with Crippen LogP contribution < -0.4 is 10.1 Å². The zero-order valence-electron chi connectivity index (χ0n) is 12.0. The molecule has 0 aromatic heterocycles. The van der Waals surface area contributed by atoms with Crippen molar-refractivity contribution < 1.29 is 4.74 Å². The lowest BCUT2D eigenvalue weighted by Gasteiger charge is -2.27. The summed E-state index contributed by atoms with van der Waals surface area (Å²) in [5.74, 6) is 2.98. The standard InChI is InChI=1S/C16H25NOS/c1-13-6-5-7-14(12-13)17-10-11-19-16-9-4-3-8-15(16)18-2/h3-4,8-9,13-14,17H,5-7,10-12H2,1-2H3. The second-order valence-electron chi connectivity index (χ2n) is 5.42. The highest BCUT2D eigenvalue weighted by atomic mass is 32.2. The van der Waals surface area contributed by atoms with E-state index in [9.17, 15) is 0 Å². The number of nitrogens with one attached hydrogen (secondary N) is 1. The molecule has 0 spiro atoms. The molecule has 106 valence electrons. The summed E-state index contributed by atoms with van der Waals surface area (Å²) in [6.45, 7) is 3.46. The van der Waals surface area contributed by atoms with Crippen molar-refractivity contribution in [3.05, 3.63) is 24.3 Å². The molecule has 1 fully saturated rings. The normalized spacial score (nSPS) is 23.3. The number of thioether (sulfide) groups is 1. The Hall–Kier alpha value is -0.670. The zero-order valence-corrected chi connectivity index (χ0v) is 12.8. The predicted molar refractivity (Wildman–Crippen MR) is 83.1 cm³/mol. The number of hydrogen-bond donors (Lipinski definition) is 1. The van der Waals surface area contributed by atoms with Gasteiger partial charge in [0.2, 0.25) is 0 Å². The van der Waals surface area contributed by atoms with Gasteiger partial charge < -0.3 is 10.1 Å². The van der Waals surface area contributed by atoms with Crippen molar-refractivity contribution in [2.45, 2.75) is 43.5 Å². The van der Waals surface area contributed by atoms with Gasteiger partial charge in [-0.2, -0.15) is 0 Å². The van der Waals surface area contributed by atoms with Gasteiger partial charge in [-0.3, -0.25) is 0 Å². The van der Waals surface area contributed by atoms with Gasteiger partial charge >= 0.3 is 0 Å². The molecule has 2 unspecified atom stereocenters. The van der Waals surface area contributed by atoms with Crippen molar-refractivity contribution in [3.63, 3.8) is 0 Å². The van der Waals surface area contributed by atoms with Gasteiger partial charge in [0, 0.05) is 23.2 Å². The zero-order chi connectivity index (χ0) is 13.5. The number of para-hydroxylation sites is 1. The van der Waals surface area contributed by atoms with E-state index in [2.05, 4.69) is 24.4 Å². The van der Waals surface area contributed by atoms with Crippen molar-refractivity contribution in [2.75, 3.05) is 19.4 Å². The van der Waals surface area contributed by atoms with Crippen LogP contribution in [0.15, 0.2) is 29.2 Å². The molecule has 2 rings (SSSR count). The Morgan fingerprint density at radius 1 is 1.32 bits per heavy atom. The Morgan fingerprint density at radius 3 is 2.95 bits per heavy atom.